The molecule has 0 bridgehead atoms. The molecule has 184 valence electrons. The molecule has 0 spiro atoms. The maximum atomic E-state index is 12.7. The van der Waals surface area contributed by atoms with Gasteiger partial charge in [-0.25, -0.2) is 0 Å². The maximum Gasteiger partial charge on any atom is 0.293 e. The minimum Gasteiger partial charge on any atom is -0.492 e. The molecule has 36 heavy (non-hydrogen) atoms. The van der Waals surface area contributed by atoms with Crippen LogP contribution in [-0.2, 0) is 9.59 Å². The van der Waals surface area contributed by atoms with E-state index in [2.05, 4.69) is 5.32 Å². The number of nitrogens with zero attached hydrogens (tertiary/aromatic N) is 1. The van der Waals surface area contributed by atoms with Crippen LogP contribution in [0, 0.1) is 13.8 Å². The zero-order valence-corrected chi connectivity index (χ0v) is 20.8. The first kappa shape index (κ1) is 25.1. The summed E-state index contributed by atoms with van der Waals surface area (Å²) in [6, 6.07) is 21.9. The number of hydrogen-bond acceptors (Lipinski definition) is 6. The normalized spacial score (nSPS) is 14.3. The molecular weight excluding hydrogens is 476 g/mol. The van der Waals surface area contributed by atoms with Gasteiger partial charge < -0.3 is 14.8 Å². The molecule has 0 saturated carbocycles. The summed E-state index contributed by atoms with van der Waals surface area (Å²) in [7, 11) is 0. The summed E-state index contributed by atoms with van der Waals surface area (Å²) >= 11 is 0.903. The third kappa shape index (κ3) is 6.34. The van der Waals surface area contributed by atoms with Crippen LogP contribution in [0.1, 0.15) is 16.7 Å². The zero-order chi connectivity index (χ0) is 25.5. The van der Waals surface area contributed by atoms with Gasteiger partial charge in [-0.15, -0.1) is 0 Å². The Hall–Kier alpha value is -4.04. The highest BCUT2D eigenvalue weighted by molar-refractivity contribution is 8.18. The van der Waals surface area contributed by atoms with Crippen LogP contribution in [0.3, 0.4) is 0 Å². The number of thioether (sulfide) groups is 1. The van der Waals surface area contributed by atoms with Crippen molar-refractivity contribution < 1.29 is 23.9 Å². The second kappa shape index (κ2) is 11.6. The van der Waals surface area contributed by atoms with Crippen molar-refractivity contribution >= 4 is 40.6 Å². The van der Waals surface area contributed by atoms with E-state index in [0.717, 1.165) is 34.1 Å². The topological polar surface area (TPSA) is 84.9 Å². The van der Waals surface area contributed by atoms with Crippen molar-refractivity contribution in [2.75, 3.05) is 25.1 Å². The Morgan fingerprint density at radius 1 is 0.917 bits per heavy atom. The van der Waals surface area contributed by atoms with E-state index >= 15 is 0 Å². The summed E-state index contributed by atoms with van der Waals surface area (Å²) in [6.45, 7) is 4.21. The number of hydrogen-bond donors (Lipinski definition) is 1. The lowest BCUT2D eigenvalue weighted by Crippen LogP contribution is -2.32. The number of ether oxygens (including phenoxy) is 2. The Morgan fingerprint density at radius 3 is 2.39 bits per heavy atom. The van der Waals surface area contributed by atoms with Crippen LogP contribution in [0.15, 0.2) is 77.7 Å². The summed E-state index contributed by atoms with van der Waals surface area (Å²) in [5.74, 6) is 0.613. The number of nitrogens with one attached hydrogen (secondary N) is 1. The molecule has 8 heteroatoms. The molecule has 0 aromatic heterocycles. The summed E-state index contributed by atoms with van der Waals surface area (Å²) in [5, 5.41) is 2.54. The molecule has 1 aliphatic rings. The van der Waals surface area contributed by atoms with Crippen LogP contribution in [0.25, 0.3) is 6.08 Å². The summed E-state index contributed by atoms with van der Waals surface area (Å²) in [5.41, 5.74) is 3.62. The van der Waals surface area contributed by atoms with E-state index in [-0.39, 0.29) is 36.8 Å². The first-order valence-corrected chi connectivity index (χ1v) is 12.2. The van der Waals surface area contributed by atoms with Crippen molar-refractivity contribution in [3.8, 4) is 11.5 Å². The highest BCUT2D eigenvalue weighted by atomic mass is 32.2. The van der Waals surface area contributed by atoms with Crippen molar-refractivity contribution in [1.29, 1.82) is 0 Å². The van der Waals surface area contributed by atoms with Crippen LogP contribution in [0.2, 0.25) is 0 Å². The van der Waals surface area contributed by atoms with Crippen molar-refractivity contribution in [1.82, 2.24) is 4.90 Å². The van der Waals surface area contributed by atoms with E-state index in [4.69, 9.17) is 9.47 Å². The van der Waals surface area contributed by atoms with Gasteiger partial charge in [0.15, 0.2) is 6.61 Å². The number of para-hydroxylation sites is 1. The van der Waals surface area contributed by atoms with Crippen molar-refractivity contribution in [2.24, 2.45) is 0 Å². The van der Waals surface area contributed by atoms with Gasteiger partial charge in [-0.2, -0.15) is 0 Å². The number of amides is 3. The Bertz CT molecular complexity index is 1290. The number of aryl methyl sites for hydroxylation is 1. The minimum absolute atomic E-state index is 0.128. The van der Waals surface area contributed by atoms with Crippen molar-refractivity contribution in [3.05, 3.63) is 94.4 Å². The SMILES string of the molecule is Cc1cccc(NC(=O)COc2ccc(/C=C3\SC(=O)N(CCOc4ccccc4)C3=O)cc2)c1C. The lowest BCUT2D eigenvalue weighted by Gasteiger charge is -2.13. The fourth-order valence-corrected chi connectivity index (χ4v) is 4.36. The molecule has 3 aromatic carbocycles. The molecule has 0 radical (unpaired) electrons. The molecule has 0 unspecified atom stereocenters. The van der Waals surface area contributed by atoms with Gasteiger partial charge in [0.1, 0.15) is 18.1 Å². The number of rotatable bonds is 9. The quantitative estimate of drug-likeness (QED) is 0.393. The highest BCUT2D eigenvalue weighted by Crippen LogP contribution is 2.32. The van der Waals surface area contributed by atoms with Gasteiger partial charge in [-0.1, -0.05) is 42.5 Å². The molecule has 1 fully saturated rings. The number of benzene rings is 3. The number of carbonyl (C=O) groups excluding carboxylic acids is 3. The van der Waals surface area contributed by atoms with E-state index in [9.17, 15) is 14.4 Å². The number of imide groups is 1. The molecule has 3 amide bonds. The fourth-order valence-electron chi connectivity index (χ4n) is 3.50. The van der Waals surface area contributed by atoms with Crippen LogP contribution in [0.5, 0.6) is 11.5 Å². The third-order valence-electron chi connectivity index (χ3n) is 5.63. The highest BCUT2D eigenvalue weighted by Gasteiger charge is 2.34. The lowest BCUT2D eigenvalue weighted by atomic mass is 10.1. The maximum absolute atomic E-state index is 12.7. The molecule has 7 nitrogen and oxygen atoms in total. The number of anilines is 1. The summed E-state index contributed by atoms with van der Waals surface area (Å²) in [4.78, 5) is 38.8. The van der Waals surface area contributed by atoms with E-state index in [0.29, 0.717) is 16.4 Å². The zero-order valence-electron chi connectivity index (χ0n) is 20.0. The summed E-state index contributed by atoms with van der Waals surface area (Å²) < 4.78 is 11.2. The van der Waals surface area contributed by atoms with Gasteiger partial charge >= 0.3 is 0 Å². The molecule has 4 rings (SSSR count). The Labute approximate surface area is 214 Å². The van der Waals surface area contributed by atoms with Crippen molar-refractivity contribution in [3.63, 3.8) is 0 Å². The lowest BCUT2D eigenvalue weighted by molar-refractivity contribution is -0.123. The molecule has 0 aliphatic carbocycles. The molecule has 1 heterocycles. The van der Waals surface area contributed by atoms with E-state index < -0.39 is 0 Å². The van der Waals surface area contributed by atoms with Gasteiger partial charge in [0, 0.05) is 5.69 Å². The van der Waals surface area contributed by atoms with Crippen LogP contribution in [0.4, 0.5) is 10.5 Å². The Morgan fingerprint density at radius 2 is 1.64 bits per heavy atom. The first-order valence-electron chi connectivity index (χ1n) is 11.4. The molecule has 1 N–H and O–H groups in total. The predicted octanol–water partition coefficient (Wildman–Crippen LogP) is 5.44. The van der Waals surface area contributed by atoms with E-state index in [1.165, 1.54) is 4.90 Å². The largest absolute Gasteiger partial charge is 0.492 e. The average molecular weight is 503 g/mol. The van der Waals surface area contributed by atoms with Crippen LogP contribution in [-0.4, -0.2) is 41.7 Å². The molecular formula is C28H26N2O5S. The van der Waals surface area contributed by atoms with Gasteiger partial charge in [0.05, 0.1) is 11.4 Å². The fraction of sp³-hybridized carbons (Fsp3) is 0.179. The average Bonchev–Trinajstić information content (AvgIpc) is 3.14. The standard InChI is InChI=1S/C28H26N2O5S/c1-19-7-6-10-24(20(19)2)29-26(31)18-35-23-13-11-21(12-14-23)17-25-27(32)30(28(33)36-25)15-16-34-22-8-4-3-5-9-22/h3-14,17H,15-16,18H2,1-2H3,(H,29,31)/b25-17-. The minimum atomic E-state index is -0.342. The van der Waals surface area contributed by atoms with Gasteiger partial charge in [0.2, 0.25) is 0 Å². The molecule has 0 atom stereocenters. The molecule has 1 aliphatic heterocycles. The van der Waals surface area contributed by atoms with Gasteiger partial charge in [0.25, 0.3) is 17.1 Å². The summed E-state index contributed by atoms with van der Waals surface area (Å²) in [6.07, 6.45) is 1.67. The first-order chi connectivity index (χ1) is 17.4. The molecule has 3 aromatic rings. The van der Waals surface area contributed by atoms with Crippen LogP contribution < -0.4 is 14.8 Å². The monoisotopic (exact) mass is 502 g/mol. The van der Waals surface area contributed by atoms with Crippen molar-refractivity contribution in [2.45, 2.75) is 13.8 Å². The predicted molar refractivity (Wildman–Crippen MR) is 141 cm³/mol. The van der Waals surface area contributed by atoms with E-state index in [1.54, 1.807) is 30.3 Å². The van der Waals surface area contributed by atoms with Crippen LogP contribution >= 0.6 is 11.8 Å². The smallest absolute Gasteiger partial charge is 0.293 e. The Kier molecular flexibility index (Phi) is 8.07. The van der Waals surface area contributed by atoms with Gasteiger partial charge in [-0.3, -0.25) is 19.3 Å². The second-order valence-electron chi connectivity index (χ2n) is 8.15. The second-order valence-corrected chi connectivity index (χ2v) is 9.14. The molecule has 1 saturated heterocycles. The van der Waals surface area contributed by atoms with Gasteiger partial charge in [-0.05, 0) is 78.7 Å². The third-order valence-corrected chi connectivity index (χ3v) is 6.53. The van der Waals surface area contributed by atoms with E-state index in [1.807, 2.05) is 62.4 Å². The number of carbonyl (C=O) groups is 3. The Balaban J connectivity index is 1.28.